The Morgan fingerprint density at radius 3 is 2.85 bits per heavy atom. The average molecular weight is 284 g/mol. The molecule has 0 N–H and O–H groups in total. The first kappa shape index (κ1) is 13.6. The summed E-state index contributed by atoms with van der Waals surface area (Å²) in [5, 5.41) is 1.38. The Bertz CT molecular complexity index is 691. The van der Waals surface area contributed by atoms with E-state index >= 15 is 0 Å². The van der Waals surface area contributed by atoms with E-state index in [0.717, 1.165) is 12.5 Å². The third-order valence-electron chi connectivity index (χ3n) is 3.95. The number of rotatable bonds is 2. The summed E-state index contributed by atoms with van der Waals surface area (Å²) in [4.78, 5) is 0. The van der Waals surface area contributed by atoms with Gasteiger partial charge in [-0.05, 0) is 44.2 Å². The van der Waals surface area contributed by atoms with Crippen molar-refractivity contribution in [3.8, 4) is 0 Å². The fourth-order valence-corrected chi connectivity index (χ4v) is 4.41. The van der Waals surface area contributed by atoms with Gasteiger partial charge < -0.3 is 0 Å². The van der Waals surface area contributed by atoms with Gasteiger partial charge in [0.1, 0.15) is 11.2 Å². The molecule has 2 heteroatoms. The zero-order chi connectivity index (χ0) is 14.1. The number of benzene rings is 1. The molecule has 104 valence electrons. The molecule has 0 amide bonds. The Hall–Kier alpha value is -1.41. The molecular weight excluding hydrogens is 262 g/mol. The molecule has 1 aromatic carbocycles. The van der Waals surface area contributed by atoms with Crippen LogP contribution in [0, 0.1) is 5.92 Å². The molecule has 0 unspecified atom stereocenters. The zero-order valence-electron chi connectivity index (χ0n) is 12.5. The minimum Gasteiger partial charge on any atom is -0.182 e. The topological polar surface area (TPSA) is 3.88 Å². The van der Waals surface area contributed by atoms with Crippen LogP contribution >= 0.6 is 11.3 Å². The number of thiazole rings is 1. The standard InChI is InChI=1S/C18H22NS/c1-4-19-16-7-5-6-8-17(16)20-18(19)12-15-10-13(2)9-14(3)11-15/h5-8,10,12,14H,4,9,11H2,1-3H3/q+1/b15-12+/t14-/m0/s1. The molecule has 1 aliphatic rings. The van der Waals surface area contributed by atoms with E-state index < -0.39 is 0 Å². The van der Waals surface area contributed by atoms with Crippen molar-refractivity contribution in [2.45, 2.75) is 40.2 Å². The third-order valence-corrected chi connectivity index (χ3v) is 5.06. The predicted octanol–water partition coefficient (Wildman–Crippen LogP) is 4.97. The van der Waals surface area contributed by atoms with Crippen molar-refractivity contribution < 1.29 is 4.57 Å². The van der Waals surface area contributed by atoms with Gasteiger partial charge in [0, 0.05) is 12.1 Å². The lowest BCUT2D eigenvalue weighted by Crippen LogP contribution is -2.33. The van der Waals surface area contributed by atoms with Gasteiger partial charge in [-0.2, -0.15) is 4.57 Å². The lowest BCUT2D eigenvalue weighted by molar-refractivity contribution is -0.665. The highest BCUT2D eigenvalue weighted by Crippen LogP contribution is 2.30. The number of fused-ring (bicyclic) bond motifs is 1. The normalized spacial score (nSPS) is 21.4. The molecule has 1 aromatic heterocycles. The van der Waals surface area contributed by atoms with Gasteiger partial charge in [0.25, 0.3) is 5.01 Å². The Kier molecular flexibility index (Phi) is 3.75. The van der Waals surface area contributed by atoms with E-state index in [2.05, 4.69) is 61.8 Å². The fraction of sp³-hybridized carbons (Fsp3) is 0.389. The Morgan fingerprint density at radius 1 is 1.30 bits per heavy atom. The van der Waals surface area contributed by atoms with E-state index in [4.69, 9.17) is 0 Å². The molecule has 0 aliphatic heterocycles. The maximum atomic E-state index is 2.43. The summed E-state index contributed by atoms with van der Waals surface area (Å²) >= 11 is 1.90. The monoisotopic (exact) mass is 284 g/mol. The molecule has 0 radical (unpaired) electrons. The fourth-order valence-electron chi connectivity index (χ4n) is 3.20. The van der Waals surface area contributed by atoms with Crippen LogP contribution < -0.4 is 4.57 Å². The van der Waals surface area contributed by atoms with Gasteiger partial charge in [-0.3, -0.25) is 0 Å². The molecule has 0 spiro atoms. The molecule has 1 aliphatic carbocycles. The first-order chi connectivity index (χ1) is 9.67. The summed E-state index contributed by atoms with van der Waals surface area (Å²) in [6.45, 7) is 7.86. The Labute approximate surface area is 125 Å². The van der Waals surface area contributed by atoms with Crippen molar-refractivity contribution in [1.29, 1.82) is 0 Å². The number of para-hydroxylation sites is 1. The van der Waals surface area contributed by atoms with Crippen molar-refractivity contribution in [1.82, 2.24) is 0 Å². The number of nitrogens with zero attached hydrogens (tertiary/aromatic N) is 1. The summed E-state index contributed by atoms with van der Waals surface area (Å²) in [6.07, 6.45) is 7.23. The van der Waals surface area contributed by atoms with Gasteiger partial charge >= 0.3 is 0 Å². The number of hydrogen-bond donors (Lipinski definition) is 0. The van der Waals surface area contributed by atoms with Gasteiger partial charge in [-0.1, -0.05) is 42.0 Å². The van der Waals surface area contributed by atoms with Gasteiger partial charge in [-0.15, -0.1) is 0 Å². The van der Waals surface area contributed by atoms with Crippen LogP contribution in [0.2, 0.25) is 0 Å². The van der Waals surface area contributed by atoms with Gasteiger partial charge in [0.2, 0.25) is 5.52 Å². The summed E-state index contributed by atoms with van der Waals surface area (Å²) in [5.74, 6) is 0.774. The second kappa shape index (κ2) is 5.53. The highest BCUT2D eigenvalue weighted by molar-refractivity contribution is 7.18. The van der Waals surface area contributed by atoms with Gasteiger partial charge in [0.05, 0.1) is 0 Å². The average Bonchev–Trinajstić information content (AvgIpc) is 2.74. The van der Waals surface area contributed by atoms with Crippen LogP contribution in [0.15, 0.2) is 41.5 Å². The quantitative estimate of drug-likeness (QED) is 0.686. The number of aromatic nitrogens is 1. The molecule has 0 bridgehead atoms. The van der Waals surface area contributed by atoms with Crippen LogP contribution in [-0.2, 0) is 6.54 Å². The van der Waals surface area contributed by atoms with Crippen molar-refractivity contribution in [3.63, 3.8) is 0 Å². The smallest absolute Gasteiger partial charge is 0.182 e. The number of hydrogen-bond acceptors (Lipinski definition) is 1. The largest absolute Gasteiger partial charge is 0.263 e. The lowest BCUT2D eigenvalue weighted by atomic mass is 9.88. The minimum atomic E-state index is 0.774. The Morgan fingerprint density at radius 2 is 2.10 bits per heavy atom. The first-order valence-corrected chi connectivity index (χ1v) is 8.28. The highest BCUT2D eigenvalue weighted by atomic mass is 32.1. The summed E-state index contributed by atoms with van der Waals surface area (Å²) < 4.78 is 3.81. The minimum absolute atomic E-state index is 0.774. The third kappa shape index (κ3) is 2.57. The van der Waals surface area contributed by atoms with Crippen molar-refractivity contribution in [2.24, 2.45) is 5.92 Å². The van der Waals surface area contributed by atoms with Crippen LogP contribution in [0.1, 0.15) is 38.6 Å². The summed E-state index contributed by atoms with van der Waals surface area (Å²) in [6, 6.07) is 8.70. The van der Waals surface area contributed by atoms with E-state index in [1.807, 2.05) is 11.3 Å². The van der Waals surface area contributed by atoms with E-state index in [-0.39, 0.29) is 0 Å². The van der Waals surface area contributed by atoms with E-state index in [9.17, 15) is 0 Å². The Balaban J connectivity index is 2.08. The van der Waals surface area contributed by atoms with E-state index in [0.29, 0.717) is 0 Å². The molecule has 0 fully saturated rings. The van der Waals surface area contributed by atoms with Crippen LogP contribution in [0.5, 0.6) is 0 Å². The summed E-state index contributed by atoms with van der Waals surface area (Å²) in [7, 11) is 0. The summed E-state index contributed by atoms with van der Waals surface area (Å²) in [5.41, 5.74) is 4.35. The number of allylic oxidation sites excluding steroid dienone is 3. The SMILES string of the molecule is CC[n+]1c(/C=C2\C=C(C)C[C@H](C)C2)sc2ccccc21. The molecule has 1 atom stereocenters. The molecular formula is C18H22NS+. The molecule has 0 saturated carbocycles. The second-order valence-electron chi connectivity index (χ2n) is 5.88. The molecule has 20 heavy (non-hydrogen) atoms. The molecule has 3 rings (SSSR count). The van der Waals surface area contributed by atoms with Crippen molar-refractivity contribution in [2.75, 3.05) is 0 Å². The second-order valence-corrected chi connectivity index (χ2v) is 6.94. The van der Waals surface area contributed by atoms with Crippen LogP contribution in [0.3, 0.4) is 0 Å². The maximum Gasteiger partial charge on any atom is 0.263 e. The zero-order valence-corrected chi connectivity index (χ0v) is 13.3. The van der Waals surface area contributed by atoms with E-state index in [1.165, 1.54) is 39.2 Å². The predicted molar refractivity (Wildman–Crippen MR) is 87.8 cm³/mol. The van der Waals surface area contributed by atoms with Crippen LogP contribution in [0.25, 0.3) is 16.3 Å². The molecule has 2 aromatic rings. The molecule has 0 saturated heterocycles. The number of aryl methyl sites for hydroxylation is 1. The first-order valence-electron chi connectivity index (χ1n) is 7.46. The van der Waals surface area contributed by atoms with Gasteiger partial charge in [-0.25, -0.2) is 0 Å². The van der Waals surface area contributed by atoms with Crippen molar-refractivity contribution >= 4 is 27.6 Å². The van der Waals surface area contributed by atoms with Crippen LogP contribution in [0.4, 0.5) is 0 Å². The van der Waals surface area contributed by atoms with Gasteiger partial charge in [0.15, 0.2) is 0 Å². The lowest BCUT2D eigenvalue weighted by Gasteiger charge is -2.18. The molecule has 1 nitrogen and oxygen atoms in total. The van der Waals surface area contributed by atoms with Crippen LogP contribution in [-0.4, -0.2) is 0 Å². The maximum absolute atomic E-state index is 2.43. The molecule has 1 heterocycles. The van der Waals surface area contributed by atoms with Crippen molar-refractivity contribution in [3.05, 3.63) is 46.5 Å². The highest BCUT2D eigenvalue weighted by Gasteiger charge is 2.19. The van der Waals surface area contributed by atoms with E-state index in [1.54, 1.807) is 0 Å².